The average Bonchev–Trinajstić information content (AvgIpc) is 2.88. The largest absolute Gasteiger partial charge is 0.508 e. The zero-order valence-electron chi connectivity index (χ0n) is 21.2. The number of likely N-dealkylation sites (tertiary alicyclic amines) is 1. The number of aromatic hydroxyl groups is 1. The highest BCUT2D eigenvalue weighted by Crippen LogP contribution is 2.39. The van der Waals surface area contributed by atoms with Gasteiger partial charge in [-0.3, -0.25) is 14.5 Å². The van der Waals surface area contributed by atoms with Gasteiger partial charge in [0.2, 0.25) is 0 Å². The molecule has 0 bridgehead atoms. The first-order valence-electron chi connectivity index (χ1n) is 13.0. The molecule has 2 aromatic carbocycles. The van der Waals surface area contributed by atoms with Crippen LogP contribution in [0, 0.1) is 18.8 Å². The van der Waals surface area contributed by atoms with Gasteiger partial charge in [0.25, 0.3) is 5.91 Å². The number of phenols is 1. The third-order valence-corrected chi connectivity index (χ3v) is 9.03. The molecule has 36 heavy (non-hydrogen) atoms. The van der Waals surface area contributed by atoms with Gasteiger partial charge in [-0.15, -0.1) is 11.8 Å². The molecule has 194 valence electrons. The van der Waals surface area contributed by atoms with Crippen LogP contribution in [-0.4, -0.2) is 63.8 Å². The third kappa shape index (κ3) is 6.50. The van der Waals surface area contributed by atoms with Crippen molar-refractivity contribution >= 4 is 23.5 Å². The molecule has 2 aromatic rings. The normalized spacial score (nSPS) is 23.9. The molecule has 1 aliphatic carbocycles. The van der Waals surface area contributed by atoms with E-state index in [1.54, 1.807) is 43.8 Å². The fourth-order valence-electron chi connectivity index (χ4n) is 5.76. The van der Waals surface area contributed by atoms with E-state index in [0.29, 0.717) is 35.3 Å². The first-order chi connectivity index (χ1) is 17.3. The van der Waals surface area contributed by atoms with Crippen molar-refractivity contribution in [2.24, 2.45) is 11.8 Å². The van der Waals surface area contributed by atoms with Crippen LogP contribution in [0.25, 0.3) is 0 Å². The summed E-state index contributed by atoms with van der Waals surface area (Å²) in [7, 11) is 0. The van der Waals surface area contributed by atoms with Crippen LogP contribution in [0.1, 0.15) is 54.9 Å². The number of piperidine rings is 1. The Morgan fingerprint density at radius 2 is 1.81 bits per heavy atom. The van der Waals surface area contributed by atoms with Gasteiger partial charge in [-0.25, -0.2) is 0 Å². The standard InChI is InChI=1S/C29H38N2O4S/c1-19-24(13-8-14-27(19)33)29(35)30-25(18-36-23-11-4-3-5-12-23)28(34)17-31-16-22-10-7-6-9-21(22)15-26(31)20(2)32/h3-5,8,11-14,21-22,25-26,28,33-34H,6-7,9-10,15-18H2,1-2H3,(H,30,35)/t21-,22+,25-,26?,28+/m0/s1. The molecule has 1 unspecified atom stereocenters. The van der Waals surface area contributed by atoms with Crippen molar-refractivity contribution in [3.63, 3.8) is 0 Å². The van der Waals surface area contributed by atoms with Crippen molar-refractivity contribution in [1.29, 1.82) is 0 Å². The van der Waals surface area contributed by atoms with Gasteiger partial charge in [0.05, 0.1) is 18.2 Å². The molecule has 1 amide bonds. The molecule has 2 aliphatic rings. The number of thioether (sulfide) groups is 1. The van der Waals surface area contributed by atoms with E-state index in [2.05, 4.69) is 10.2 Å². The molecule has 1 aliphatic heterocycles. The van der Waals surface area contributed by atoms with Gasteiger partial charge in [-0.1, -0.05) is 43.5 Å². The lowest BCUT2D eigenvalue weighted by atomic mass is 9.72. The second-order valence-electron chi connectivity index (χ2n) is 10.3. The number of hydrogen-bond acceptors (Lipinski definition) is 6. The minimum atomic E-state index is -0.843. The Balaban J connectivity index is 1.50. The third-order valence-electron chi connectivity index (χ3n) is 7.90. The summed E-state index contributed by atoms with van der Waals surface area (Å²) in [5, 5.41) is 24.5. The van der Waals surface area contributed by atoms with E-state index in [1.165, 1.54) is 25.7 Å². The molecule has 1 heterocycles. The number of aliphatic hydroxyl groups is 1. The summed E-state index contributed by atoms with van der Waals surface area (Å²) < 4.78 is 0. The summed E-state index contributed by atoms with van der Waals surface area (Å²) in [5.41, 5.74) is 0.900. The van der Waals surface area contributed by atoms with Crippen LogP contribution in [0.2, 0.25) is 0 Å². The Hall–Kier alpha value is -2.35. The number of nitrogens with zero attached hydrogens (tertiary/aromatic N) is 1. The summed E-state index contributed by atoms with van der Waals surface area (Å²) in [6.45, 7) is 4.53. The molecule has 1 saturated heterocycles. The molecule has 3 N–H and O–H groups in total. The summed E-state index contributed by atoms with van der Waals surface area (Å²) in [6.07, 6.45) is 4.88. The Labute approximate surface area is 218 Å². The molecule has 6 nitrogen and oxygen atoms in total. The fourth-order valence-corrected chi connectivity index (χ4v) is 6.79. The molecule has 0 radical (unpaired) electrons. The predicted octanol–water partition coefficient (Wildman–Crippen LogP) is 4.42. The number of benzene rings is 2. The van der Waals surface area contributed by atoms with Gasteiger partial charge >= 0.3 is 0 Å². The van der Waals surface area contributed by atoms with Crippen LogP contribution in [0.15, 0.2) is 53.4 Å². The number of β-amino-alcohol motifs (C(OH)–C–C–N with tert-alkyl or cyclic N) is 1. The summed E-state index contributed by atoms with van der Waals surface area (Å²) >= 11 is 1.58. The van der Waals surface area contributed by atoms with Gasteiger partial charge in [-0.2, -0.15) is 0 Å². The van der Waals surface area contributed by atoms with Crippen LogP contribution in [0.4, 0.5) is 0 Å². The number of aliphatic hydroxyl groups excluding tert-OH is 1. The molecule has 2 fully saturated rings. The first-order valence-corrected chi connectivity index (χ1v) is 14.0. The lowest BCUT2D eigenvalue weighted by Gasteiger charge is -2.46. The minimum absolute atomic E-state index is 0.0676. The second kappa shape index (κ2) is 12.3. The van der Waals surface area contributed by atoms with E-state index in [-0.39, 0.29) is 23.5 Å². The van der Waals surface area contributed by atoms with Crippen molar-refractivity contribution in [2.75, 3.05) is 18.8 Å². The number of carbonyl (C=O) groups is 2. The lowest BCUT2D eigenvalue weighted by Crippen LogP contribution is -2.56. The smallest absolute Gasteiger partial charge is 0.252 e. The van der Waals surface area contributed by atoms with Gasteiger partial charge in [0.15, 0.2) is 0 Å². The number of phenolic OH excluding ortho intramolecular Hbond substituents is 1. The highest BCUT2D eigenvalue weighted by Gasteiger charge is 2.40. The number of ketones is 1. The van der Waals surface area contributed by atoms with Gasteiger partial charge < -0.3 is 15.5 Å². The van der Waals surface area contributed by atoms with Crippen LogP contribution >= 0.6 is 11.8 Å². The SMILES string of the molecule is CC(=O)C1C[C@@H]2CCCC[C@@H]2CN1C[C@@H](O)[C@H](CSc1ccccc1)NC(=O)c1cccc(O)c1C. The zero-order chi connectivity index (χ0) is 25.7. The maximum Gasteiger partial charge on any atom is 0.252 e. The summed E-state index contributed by atoms with van der Waals surface area (Å²) in [5.74, 6) is 1.55. The predicted molar refractivity (Wildman–Crippen MR) is 143 cm³/mol. The number of nitrogens with one attached hydrogen (secondary N) is 1. The van der Waals surface area contributed by atoms with Crippen LogP contribution < -0.4 is 5.32 Å². The molecule has 7 heteroatoms. The maximum absolute atomic E-state index is 13.2. The lowest BCUT2D eigenvalue weighted by molar-refractivity contribution is -0.126. The maximum atomic E-state index is 13.2. The van der Waals surface area contributed by atoms with Crippen LogP contribution in [0.3, 0.4) is 0 Å². The van der Waals surface area contributed by atoms with E-state index in [1.807, 2.05) is 30.3 Å². The Kier molecular flexibility index (Phi) is 9.09. The van der Waals surface area contributed by atoms with Crippen molar-refractivity contribution in [2.45, 2.75) is 69.0 Å². The van der Waals surface area contributed by atoms with Gasteiger partial charge in [-0.05, 0) is 62.8 Å². The van der Waals surface area contributed by atoms with Crippen molar-refractivity contribution < 1.29 is 19.8 Å². The average molecular weight is 511 g/mol. The number of amides is 1. The number of Topliss-reactive ketones (excluding diaryl/α,β-unsaturated/α-hetero) is 1. The Morgan fingerprint density at radius 3 is 2.53 bits per heavy atom. The molecular formula is C29H38N2O4S. The van der Waals surface area contributed by atoms with E-state index >= 15 is 0 Å². The van der Waals surface area contributed by atoms with E-state index in [0.717, 1.165) is 17.9 Å². The highest BCUT2D eigenvalue weighted by atomic mass is 32.2. The topological polar surface area (TPSA) is 89.9 Å². The quantitative estimate of drug-likeness (QED) is 0.433. The number of fused-ring (bicyclic) bond motifs is 1. The Bertz CT molecular complexity index is 1050. The monoisotopic (exact) mass is 510 g/mol. The molecule has 0 spiro atoms. The highest BCUT2D eigenvalue weighted by molar-refractivity contribution is 7.99. The number of rotatable bonds is 9. The molecule has 0 aromatic heterocycles. The fraction of sp³-hybridized carbons (Fsp3) is 0.517. The summed E-state index contributed by atoms with van der Waals surface area (Å²) in [6, 6.07) is 14.1. The van der Waals surface area contributed by atoms with E-state index in [9.17, 15) is 19.8 Å². The zero-order valence-corrected chi connectivity index (χ0v) is 22.0. The van der Waals surface area contributed by atoms with Crippen molar-refractivity contribution in [3.8, 4) is 5.75 Å². The summed E-state index contributed by atoms with van der Waals surface area (Å²) in [4.78, 5) is 29.0. The first kappa shape index (κ1) is 26.7. The molecule has 4 rings (SSSR count). The van der Waals surface area contributed by atoms with Crippen LogP contribution in [0.5, 0.6) is 5.75 Å². The molecule has 1 saturated carbocycles. The second-order valence-corrected chi connectivity index (χ2v) is 11.4. The number of carbonyl (C=O) groups excluding carboxylic acids is 2. The Morgan fingerprint density at radius 1 is 1.08 bits per heavy atom. The van der Waals surface area contributed by atoms with E-state index < -0.39 is 12.1 Å². The minimum Gasteiger partial charge on any atom is -0.508 e. The van der Waals surface area contributed by atoms with Gasteiger partial charge in [0.1, 0.15) is 11.5 Å². The van der Waals surface area contributed by atoms with Crippen molar-refractivity contribution in [1.82, 2.24) is 10.2 Å². The van der Waals surface area contributed by atoms with E-state index in [4.69, 9.17) is 0 Å². The van der Waals surface area contributed by atoms with Crippen LogP contribution in [-0.2, 0) is 4.79 Å². The van der Waals surface area contributed by atoms with Crippen molar-refractivity contribution in [3.05, 3.63) is 59.7 Å². The molecular weight excluding hydrogens is 472 g/mol. The number of hydrogen-bond donors (Lipinski definition) is 3. The van der Waals surface area contributed by atoms with Gasteiger partial charge in [0, 0.05) is 34.9 Å². The molecule has 5 atom stereocenters.